The fraction of sp³-hybridized carbons (Fsp3) is 0.259. The number of unbranched alkanes of at least 4 members (excludes halogenated alkanes) is 1. The fourth-order valence-electron chi connectivity index (χ4n) is 3.67. The third-order valence-electron chi connectivity index (χ3n) is 5.52. The van der Waals surface area contributed by atoms with Gasteiger partial charge in [-0.1, -0.05) is 47.5 Å². The number of amides is 1. The van der Waals surface area contributed by atoms with Crippen molar-refractivity contribution in [2.75, 3.05) is 6.61 Å². The van der Waals surface area contributed by atoms with E-state index in [1.54, 1.807) is 0 Å². The third-order valence-corrected chi connectivity index (χ3v) is 5.52. The Labute approximate surface area is 189 Å². The van der Waals surface area contributed by atoms with Crippen LogP contribution in [0.4, 0.5) is 0 Å². The lowest BCUT2D eigenvalue weighted by atomic mass is 10.1. The van der Waals surface area contributed by atoms with E-state index < -0.39 is 0 Å². The molecule has 0 spiro atoms. The Kier molecular flexibility index (Phi) is 6.85. The average molecular weight is 428 g/mol. The Bertz CT molecular complexity index is 1180. The van der Waals surface area contributed by atoms with E-state index in [0.29, 0.717) is 18.7 Å². The van der Waals surface area contributed by atoms with Gasteiger partial charge in [0.1, 0.15) is 11.6 Å². The van der Waals surface area contributed by atoms with Gasteiger partial charge in [-0.15, -0.1) is 0 Å². The SMILES string of the molecule is Cc1ccc(OCCCCn2c(CNC(=O)c3ccc(C)cc3)nc3ccccc32)cc1. The number of hydrogen-bond donors (Lipinski definition) is 1. The van der Waals surface area contributed by atoms with E-state index in [-0.39, 0.29) is 5.91 Å². The highest BCUT2D eigenvalue weighted by molar-refractivity contribution is 5.94. The van der Waals surface area contributed by atoms with Crippen molar-refractivity contribution >= 4 is 16.9 Å². The molecule has 3 aromatic carbocycles. The van der Waals surface area contributed by atoms with Crippen LogP contribution in [0.3, 0.4) is 0 Å². The molecule has 0 aliphatic carbocycles. The molecule has 0 aliphatic rings. The number of carbonyl (C=O) groups is 1. The van der Waals surface area contributed by atoms with Crippen molar-refractivity contribution in [3.8, 4) is 5.75 Å². The molecule has 1 amide bonds. The highest BCUT2D eigenvalue weighted by atomic mass is 16.5. The van der Waals surface area contributed by atoms with Gasteiger partial charge < -0.3 is 14.6 Å². The maximum atomic E-state index is 12.5. The molecule has 0 aliphatic heterocycles. The van der Waals surface area contributed by atoms with E-state index >= 15 is 0 Å². The van der Waals surface area contributed by atoms with E-state index in [0.717, 1.165) is 47.6 Å². The summed E-state index contributed by atoms with van der Waals surface area (Å²) in [6.45, 7) is 5.97. The first kappa shape index (κ1) is 21.6. The molecule has 0 saturated heterocycles. The van der Waals surface area contributed by atoms with Crippen molar-refractivity contribution in [3.63, 3.8) is 0 Å². The summed E-state index contributed by atoms with van der Waals surface area (Å²) in [6.07, 6.45) is 1.90. The van der Waals surface area contributed by atoms with Crippen LogP contribution in [-0.4, -0.2) is 22.1 Å². The van der Waals surface area contributed by atoms with Gasteiger partial charge in [0.15, 0.2) is 0 Å². The number of imidazole rings is 1. The molecule has 1 heterocycles. The summed E-state index contributed by atoms with van der Waals surface area (Å²) in [4.78, 5) is 17.3. The Balaban J connectivity index is 1.37. The zero-order valence-corrected chi connectivity index (χ0v) is 18.7. The standard InChI is InChI=1S/C27H29N3O2/c1-20-9-13-22(14-10-20)27(31)28-19-26-29-24-7-3-4-8-25(24)30(26)17-5-6-18-32-23-15-11-21(2)12-16-23/h3-4,7-16H,5-6,17-19H2,1-2H3,(H,28,31). The number of benzene rings is 3. The number of aryl methyl sites for hydroxylation is 3. The maximum Gasteiger partial charge on any atom is 0.251 e. The maximum absolute atomic E-state index is 12.5. The van der Waals surface area contributed by atoms with Crippen LogP contribution in [0.2, 0.25) is 0 Å². The molecule has 0 atom stereocenters. The predicted molar refractivity (Wildman–Crippen MR) is 128 cm³/mol. The van der Waals surface area contributed by atoms with Crippen molar-refractivity contribution in [2.45, 2.75) is 39.8 Å². The average Bonchev–Trinajstić information content (AvgIpc) is 3.16. The van der Waals surface area contributed by atoms with Crippen LogP contribution in [-0.2, 0) is 13.1 Å². The summed E-state index contributed by atoms with van der Waals surface area (Å²) in [5.41, 5.74) is 5.06. The minimum atomic E-state index is -0.0879. The van der Waals surface area contributed by atoms with Crippen molar-refractivity contribution in [1.82, 2.24) is 14.9 Å². The van der Waals surface area contributed by atoms with Gasteiger partial charge >= 0.3 is 0 Å². The van der Waals surface area contributed by atoms with Crippen molar-refractivity contribution in [2.24, 2.45) is 0 Å². The molecule has 4 aromatic rings. The Morgan fingerprint density at radius 2 is 1.59 bits per heavy atom. The lowest BCUT2D eigenvalue weighted by molar-refractivity contribution is 0.0949. The molecule has 5 heteroatoms. The second kappa shape index (κ2) is 10.1. The topological polar surface area (TPSA) is 56.1 Å². The molecule has 4 rings (SSSR count). The van der Waals surface area contributed by atoms with Gasteiger partial charge in [0, 0.05) is 12.1 Å². The molecule has 164 valence electrons. The normalized spacial score (nSPS) is 10.9. The van der Waals surface area contributed by atoms with Crippen LogP contribution in [0.25, 0.3) is 11.0 Å². The first-order valence-electron chi connectivity index (χ1n) is 11.1. The number of nitrogens with one attached hydrogen (secondary N) is 1. The fourth-order valence-corrected chi connectivity index (χ4v) is 3.67. The first-order valence-corrected chi connectivity index (χ1v) is 11.1. The second-order valence-electron chi connectivity index (χ2n) is 8.09. The van der Waals surface area contributed by atoms with Gasteiger partial charge in [0.05, 0.1) is 24.2 Å². The van der Waals surface area contributed by atoms with E-state index in [2.05, 4.69) is 35.0 Å². The number of nitrogens with zero attached hydrogens (tertiary/aromatic N) is 2. The van der Waals surface area contributed by atoms with Crippen LogP contribution in [0, 0.1) is 13.8 Å². The van der Waals surface area contributed by atoms with Crippen LogP contribution in [0.1, 0.15) is 40.2 Å². The van der Waals surface area contributed by atoms with Crippen LogP contribution in [0.15, 0.2) is 72.8 Å². The van der Waals surface area contributed by atoms with Gasteiger partial charge in [-0.25, -0.2) is 4.98 Å². The van der Waals surface area contributed by atoms with Crippen LogP contribution < -0.4 is 10.1 Å². The predicted octanol–water partition coefficient (Wildman–Crippen LogP) is 5.44. The molecule has 0 bridgehead atoms. The summed E-state index contributed by atoms with van der Waals surface area (Å²) in [6, 6.07) is 23.8. The Morgan fingerprint density at radius 1 is 0.906 bits per heavy atom. The largest absolute Gasteiger partial charge is 0.494 e. The molecular formula is C27H29N3O2. The van der Waals surface area contributed by atoms with Crippen LogP contribution >= 0.6 is 0 Å². The van der Waals surface area contributed by atoms with Crippen LogP contribution in [0.5, 0.6) is 5.75 Å². The number of fused-ring (bicyclic) bond motifs is 1. The monoisotopic (exact) mass is 427 g/mol. The molecule has 0 fully saturated rings. The highest BCUT2D eigenvalue weighted by Gasteiger charge is 2.12. The highest BCUT2D eigenvalue weighted by Crippen LogP contribution is 2.18. The third kappa shape index (κ3) is 5.35. The summed E-state index contributed by atoms with van der Waals surface area (Å²) in [5.74, 6) is 1.68. The molecule has 1 N–H and O–H groups in total. The molecule has 1 aromatic heterocycles. The quantitative estimate of drug-likeness (QED) is 0.362. The van der Waals surface area contributed by atoms with Gasteiger partial charge in [-0.05, 0) is 63.1 Å². The zero-order chi connectivity index (χ0) is 22.3. The molecule has 0 unspecified atom stereocenters. The summed E-state index contributed by atoms with van der Waals surface area (Å²) in [7, 11) is 0. The van der Waals surface area contributed by atoms with E-state index in [1.807, 2.05) is 61.5 Å². The minimum absolute atomic E-state index is 0.0879. The molecular weight excluding hydrogens is 398 g/mol. The van der Waals surface area contributed by atoms with E-state index in [4.69, 9.17) is 9.72 Å². The lowest BCUT2D eigenvalue weighted by Crippen LogP contribution is -2.24. The van der Waals surface area contributed by atoms with Crippen molar-refractivity contribution < 1.29 is 9.53 Å². The number of carbonyl (C=O) groups excluding carboxylic acids is 1. The summed E-state index contributed by atoms with van der Waals surface area (Å²) in [5, 5.41) is 3.02. The number of aromatic nitrogens is 2. The molecule has 32 heavy (non-hydrogen) atoms. The van der Waals surface area contributed by atoms with Gasteiger partial charge in [-0.3, -0.25) is 4.79 Å². The molecule has 5 nitrogen and oxygen atoms in total. The number of para-hydroxylation sites is 2. The first-order chi connectivity index (χ1) is 15.6. The summed E-state index contributed by atoms with van der Waals surface area (Å²) >= 11 is 0. The lowest BCUT2D eigenvalue weighted by Gasteiger charge is -2.11. The van der Waals surface area contributed by atoms with Gasteiger partial charge in [-0.2, -0.15) is 0 Å². The second-order valence-corrected chi connectivity index (χ2v) is 8.09. The number of hydrogen-bond acceptors (Lipinski definition) is 3. The van der Waals surface area contributed by atoms with E-state index in [9.17, 15) is 4.79 Å². The smallest absolute Gasteiger partial charge is 0.251 e. The summed E-state index contributed by atoms with van der Waals surface area (Å²) < 4.78 is 8.06. The van der Waals surface area contributed by atoms with Crippen molar-refractivity contribution in [3.05, 3.63) is 95.3 Å². The number of ether oxygens (including phenoxy) is 1. The van der Waals surface area contributed by atoms with Crippen molar-refractivity contribution in [1.29, 1.82) is 0 Å². The van der Waals surface area contributed by atoms with E-state index in [1.165, 1.54) is 5.56 Å². The Hall–Kier alpha value is -3.60. The van der Waals surface area contributed by atoms with Gasteiger partial charge in [0.2, 0.25) is 0 Å². The van der Waals surface area contributed by atoms with Gasteiger partial charge in [0.25, 0.3) is 5.91 Å². The zero-order valence-electron chi connectivity index (χ0n) is 18.7. The molecule has 0 saturated carbocycles. The Morgan fingerprint density at radius 3 is 2.34 bits per heavy atom. The minimum Gasteiger partial charge on any atom is -0.494 e. The number of rotatable bonds is 9. The molecule has 0 radical (unpaired) electrons.